The van der Waals surface area contributed by atoms with Gasteiger partial charge in [0.2, 0.25) is 11.3 Å². The van der Waals surface area contributed by atoms with E-state index in [1.54, 1.807) is 59.2 Å². The van der Waals surface area contributed by atoms with Crippen LogP contribution >= 0.6 is 0 Å². The van der Waals surface area contributed by atoms with Gasteiger partial charge in [-0.2, -0.15) is 0 Å². The number of nitrogens with zero attached hydrogens (tertiary/aromatic N) is 1. The van der Waals surface area contributed by atoms with Crippen LogP contribution < -0.4 is 20.2 Å². The molecule has 7 nitrogen and oxygen atoms in total. The number of hydrogen-bond acceptors (Lipinski definition) is 5. The van der Waals surface area contributed by atoms with Crippen molar-refractivity contribution in [2.75, 3.05) is 18.5 Å². The maximum Gasteiger partial charge on any atom is 0.244 e. The van der Waals surface area contributed by atoms with E-state index in [9.17, 15) is 14.4 Å². The third-order valence-corrected chi connectivity index (χ3v) is 5.41. The molecule has 35 heavy (non-hydrogen) atoms. The molecule has 0 fully saturated rings. The smallest absolute Gasteiger partial charge is 0.244 e. The summed E-state index contributed by atoms with van der Waals surface area (Å²) in [7, 11) is 0. The summed E-state index contributed by atoms with van der Waals surface area (Å²) < 4.78 is 12.6. The fraction of sp³-hybridized carbons (Fsp3) is 0.179. The topological polar surface area (TPSA) is 86.6 Å². The molecule has 1 aromatic heterocycles. The zero-order chi connectivity index (χ0) is 24.8. The average molecular weight is 471 g/mol. The van der Waals surface area contributed by atoms with E-state index in [0.717, 1.165) is 0 Å². The van der Waals surface area contributed by atoms with Crippen LogP contribution in [0.15, 0.2) is 83.8 Å². The number of para-hydroxylation sites is 1. The molecule has 1 amide bonds. The Kier molecular flexibility index (Phi) is 7.26. The molecule has 0 aliphatic rings. The highest BCUT2D eigenvalue weighted by molar-refractivity contribution is 6.10. The fourth-order valence-electron chi connectivity index (χ4n) is 3.83. The molecular formula is C28H26N2O5. The van der Waals surface area contributed by atoms with Crippen LogP contribution in [-0.2, 0) is 11.3 Å². The normalized spacial score (nSPS) is 10.7. The Hall–Kier alpha value is -4.39. The molecule has 0 atom stereocenters. The van der Waals surface area contributed by atoms with E-state index in [4.69, 9.17) is 9.47 Å². The Labute approximate surface area is 202 Å². The van der Waals surface area contributed by atoms with Gasteiger partial charge in [0.05, 0.1) is 29.7 Å². The number of fused-ring (bicyclic) bond motifs is 1. The molecule has 1 N–H and O–H groups in total. The Bertz CT molecular complexity index is 1410. The summed E-state index contributed by atoms with van der Waals surface area (Å²) in [6.07, 6.45) is 1.45. The highest BCUT2D eigenvalue weighted by atomic mass is 16.5. The number of hydrogen-bond donors (Lipinski definition) is 1. The van der Waals surface area contributed by atoms with Gasteiger partial charge in [-0.05, 0) is 68.4 Å². The first kappa shape index (κ1) is 23.8. The Morgan fingerprint density at radius 3 is 2.20 bits per heavy atom. The first-order valence-corrected chi connectivity index (χ1v) is 11.4. The number of ether oxygens (including phenoxy) is 2. The van der Waals surface area contributed by atoms with E-state index in [-0.39, 0.29) is 18.0 Å². The number of anilines is 1. The standard InChI is InChI=1S/C28H26N2O5/c1-3-34-21-12-10-19(11-13-21)27(32)24-17-30(18-26(31)29-20-8-6-5-7-9-20)25-15-14-22(35-4-2)16-23(25)28(24)33/h5-17H,3-4,18H2,1-2H3,(H,29,31). The number of carbonyl (C=O) groups excluding carboxylic acids is 2. The summed E-state index contributed by atoms with van der Waals surface area (Å²) in [5.74, 6) is 0.440. The summed E-state index contributed by atoms with van der Waals surface area (Å²) in [6, 6.07) is 20.8. The fourth-order valence-corrected chi connectivity index (χ4v) is 3.83. The van der Waals surface area contributed by atoms with Gasteiger partial charge in [-0.15, -0.1) is 0 Å². The lowest BCUT2D eigenvalue weighted by atomic mass is 10.0. The van der Waals surface area contributed by atoms with Gasteiger partial charge < -0.3 is 19.4 Å². The minimum Gasteiger partial charge on any atom is -0.494 e. The van der Waals surface area contributed by atoms with Gasteiger partial charge in [-0.25, -0.2) is 0 Å². The summed E-state index contributed by atoms with van der Waals surface area (Å²) in [5, 5.41) is 3.14. The maximum atomic E-state index is 13.4. The second kappa shape index (κ2) is 10.7. The van der Waals surface area contributed by atoms with Gasteiger partial charge in [-0.1, -0.05) is 18.2 Å². The van der Waals surface area contributed by atoms with Crippen LogP contribution in [0.2, 0.25) is 0 Å². The molecule has 0 spiro atoms. The molecule has 3 aromatic carbocycles. The Balaban J connectivity index is 1.76. The summed E-state index contributed by atoms with van der Waals surface area (Å²) in [6.45, 7) is 4.59. The molecule has 0 radical (unpaired) electrons. The first-order chi connectivity index (χ1) is 17.0. The third-order valence-electron chi connectivity index (χ3n) is 5.41. The minimum atomic E-state index is -0.432. The molecule has 0 bridgehead atoms. The van der Waals surface area contributed by atoms with Crippen LogP contribution in [0.3, 0.4) is 0 Å². The number of amides is 1. The number of nitrogens with one attached hydrogen (secondary N) is 1. The van der Waals surface area contributed by atoms with Gasteiger partial charge in [0.25, 0.3) is 0 Å². The van der Waals surface area contributed by atoms with Crippen LogP contribution in [0.1, 0.15) is 29.8 Å². The predicted molar refractivity (Wildman–Crippen MR) is 135 cm³/mol. The zero-order valence-electron chi connectivity index (χ0n) is 19.6. The Morgan fingerprint density at radius 1 is 0.857 bits per heavy atom. The molecule has 0 saturated carbocycles. The Morgan fingerprint density at radius 2 is 1.51 bits per heavy atom. The van der Waals surface area contributed by atoms with Crippen molar-refractivity contribution in [2.45, 2.75) is 20.4 Å². The van der Waals surface area contributed by atoms with E-state index in [1.165, 1.54) is 6.20 Å². The van der Waals surface area contributed by atoms with Crippen molar-refractivity contribution in [3.05, 3.63) is 100 Å². The molecule has 0 aliphatic heterocycles. The third kappa shape index (κ3) is 5.41. The SMILES string of the molecule is CCOc1ccc(C(=O)c2cn(CC(=O)Nc3ccccc3)c3ccc(OCC)cc3c2=O)cc1. The van der Waals surface area contributed by atoms with Crippen molar-refractivity contribution < 1.29 is 19.1 Å². The van der Waals surface area contributed by atoms with Gasteiger partial charge in [0, 0.05) is 17.4 Å². The maximum absolute atomic E-state index is 13.4. The van der Waals surface area contributed by atoms with Gasteiger partial charge >= 0.3 is 0 Å². The van der Waals surface area contributed by atoms with Crippen LogP contribution in [0.25, 0.3) is 10.9 Å². The number of carbonyl (C=O) groups is 2. The first-order valence-electron chi connectivity index (χ1n) is 11.4. The average Bonchev–Trinajstić information content (AvgIpc) is 2.87. The lowest BCUT2D eigenvalue weighted by molar-refractivity contribution is -0.116. The van der Waals surface area contributed by atoms with Crippen LogP contribution in [0.5, 0.6) is 11.5 Å². The summed E-state index contributed by atoms with van der Waals surface area (Å²) >= 11 is 0. The number of rotatable bonds is 9. The van der Waals surface area contributed by atoms with Crippen molar-refractivity contribution in [2.24, 2.45) is 0 Å². The highest BCUT2D eigenvalue weighted by Gasteiger charge is 2.19. The number of benzene rings is 3. The van der Waals surface area contributed by atoms with E-state index in [0.29, 0.717) is 46.9 Å². The van der Waals surface area contributed by atoms with Gasteiger partial charge in [0.1, 0.15) is 18.0 Å². The largest absolute Gasteiger partial charge is 0.494 e. The quantitative estimate of drug-likeness (QED) is 0.359. The summed E-state index contributed by atoms with van der Waals surface area (Å²) in [4.78, 5) is 39.5. The van der Waals surface area contributed by atoms with E-state index in [1.807, 2.05) is 32.0 Å². The molecule has 178 valence electrons. The zero-order valence-corrected chi connectivity index (χ0v) is 19.6. The van der Waals surface area contributed by atoms with Gasteiger partial charge in [0.15, 0.2) is 5.78 Å². The molecule has 4 rings (SSSR count). The number of ketones is 1. The lowest BCUT2D eigenvalue weighted by Gasteiger charge is -2.14. The molecule has 4 aromatic rings. The predicted octanol–water partition coefficient (Wildman–Crippen LogP) is 4.67. The van der Waals surface area contributed by atoms with Crippen LogP contribution in [0.4, 0.5) is 5.69 Å². The minimum absolute atomic E-state index is 0.0252. The molecule has 0 saturated heterocycles. The summed E-state index contributed by atoms with van der Waals surface area (Å²) in [5.41, 5.74) is 1.10. The molecule has 0 unspecified atom stereocenters. The lowest BCUT2D eigenvalue weighted by Crippen LogP contribution is -2.24. The van der Waals surface area contributed by atoms with Crippen LogP contribution in [0, 0.1) is 0 Å². The van der Waals surface area contributed by atoms with Crippen molar-refractivity contribution >= 4 is 28.3 Å². The second-order valence-electron chi connectivity index (χ2n) is 7.81. The van der Waals surface area contributed by atoms with Gasteiger partial charge in [-0.3, -0.25) is 14.4 Å². The number of aromatic nitrogens is 1. The number of pyridine rings is 1. The van der Waals surface area contributed by atoms with E-state index in [2.05, 4.69) is 5.32 Å². The van der Waals surface area contributed by atoms with Crippen molar-refractivity contribution in [1.29, 1.82) is 0 Å². The molecule has 0 aliphatic carbocycles. The van der Waals surface area contributed by atoms with Crippen molar-refractivity contribution in [3.63, 3.8) is 0 Å². The molecule has 1 heterocycles. The van der Waals surface area contributed by atoms with E-state index < -0.39 is 11.2 Å². The second-order valence-corrected chi connectivity index (χ2v) is 7.81. The highest BCUT2D eigenvalue weighted by Crippen LogP contribution is 2.21. The molecule has 7 heteroatoms. The van der Waals surface area contributed by atoms with Crippen molar-refractivity contribution in [1.82, 2.24) is 4.57 Å². The van der Waals surface area contributed by atoms with Crippen molar-refractivity contribution in [3.8, 4) is 11.5 Å². The monoisotopic (exact) mass is 470 g/mol. The van der Waals surface area contributed by atoms with Crippen LogP contribution in [-0.4, -0.2) is 29.5 Å². The van der Waals surface area contributed by atoms with E-state index >= 15 is 0 Å². The molecular weight excluding hydrogens is 444 g/mol.